The number of carbonyl (C=O) groups excluding carboxylic acids is 3. The molecule has 40 heavy (non-hydrogen) atoms. The molecule has 0 spiro atoms. The summed E-state index contributed by atoms with van der Waals surface area (Å²) >= 11 is 7.45. The fourth-order valence-electron chi connectivity index (χ4n) is 4.25. The molecule has 1 atom stereocenters. The summed E-state index contributed by atoms with van der Waals surface area (Å²) < 4.78 is 1.03. The lowest BCUT2D eigenvalue weighted by Gasteiger charge is -2.25. The average molecular weight is 569 g/mol. The number of aromatic nitrogens is 1. The first kappa shape index (κ1) is 27.1. The standard InChI is InChI=1S/C31H25ClN4O3S/c1-36(25-14-15-28-26(18-25)33-19-40-28)31(39)27(16-20-6-3-2-4-7-20)35-30(38)22-9-5-8-21(17-22)29(37)34-24-12-10-23(32)11-13-24/h2-15,17-19,27H,16H2,1H3,(H,34,37)(H,35,38)/t27-/m0/s1. The Hall–Kier alpha value is -4.53. The lowest BCUT2D eigenvalue weighted by atomic mass is 10.0. The molecule has 5 rings (SSSR count). The second-order valence-electron chi connectivity index (χ2n) is 9.16. The zero-order valence-corrected chi connectivity index (χ0v) is 23.1. The predicted molar refractivity (Wildman–Crippen MR) is 160 cm³/mol. The number of hydrogen-bond acceptors (Lipinski definition) is 5. The van der Waals surface area contributed by atoms with Crippen LogP contribution in [0.4, 0.5) is 11.4 Å². The number of carbonyl (C=O) groups is 3. The van der Waals surface area contributed by atoms with Gasteiger partial charge in [0.15, 0.2) is 0 Å². The first-order valence-corrected chi connectivity index (χ1v) is 13.8. The molecule has 9 heteroatoms. The third-order valence-corrected chi connectivity index (χ3v) is 7.47. The number of likely N-dealkylation sites (N-methyl/N-ethyl adjacent to an activating group) is 1. The van der Waals surface area contributed by atoms with E-state index < -0.39 is 11.9 Å². The number of anilines is 2. The Balaban J connectivity index is 1.35. The minimum Gasteiger partial charge on any atom is -0.340 e. The van der Waals surface area contributed by atoms with Crippen molar-refractivity contribution >= 4 is 62.3 Å². The van der Waals surface area contributed by atoms with Gasteiger partial charge < -0.3 is 15.5 Å². The molecule has 3 amide bonds. The molecule has 0 bridgehead atoms. The van der Waals surface area contributed by atoms with E-state index in [0.29, 0.717) is 28.4 Å². The molecule has 0 radical (unpaired) electrons. The van der Waals surface area contributed by atoms with Crippen LogP contribution in [0.5, 0.6) is 0 Å². The summed E-state index contributed by atoms with van der Waals surface area (Å²) in [5.74, 6) is -1.10. The van der Waals surface area contributed by atoms with Crippen molar-refractivity contribution in [2.45, 2.75) is 12.5 Å². The van der Waals surface area contributed by atoms with Crippen molar-refractivity contribution in [3.63, 3.8) is 0 Å². The molecule has 2 N–H and O–H groups in total. The molecular formula is C31H25ClN4O3S. The fourth-order valence-corrected chi connectivity index (χ4v) is 5.03. The monoisotopic (exact) mass is 568 g/mol. The summed E-state index contributed by atoms with van der Waals surface area (Å²) in [6, 6.07) is 27.4. The van der Waals surface area contributed by atoms with Gasteiger partial charge >= 0.3 is 0 Å². The fraction of sp³-hybridized carbons (Fsp3) is 0.0968. The summed E-state index contributed by atoms with van der Waals surface area (Å²) in [5.41, 5.74) is 5.30. The summed E-state index contributed by atoms with van der Waals surface area (Å²) in [4.78, 5) is 45.8. The minimum absolute atomic E-state index is 0.265. The molecule has 0 fully saturated rings. The van der Waals surface area contributed by atoms with Crippen LogP contribution in [0, 0.1) is 0 Å². The zero-order valence-electron chi connectivity index (χ0n) is 21.5. The van der Waals surface area contributed by atoms with Gasteiger partial charge in [0.1, 0.15) is 6.04 Å². The van der Waals surface area contributed by atoms with Crippen molar-refractivity contribution < 1.29 is 14.4 Å². The van der Waals surface area contributed by atoms with E-state index in [1.165, 1.54) is 22.3 Å². The normalized spacial score (nSPS) is 11.6. The van der Waals surface area contributed by atoms with Crippen molar-refractivity contribution in [2.75, 3.05) is 17.3 Å². The van der Waals surface area contributed by atoms with Gasteiger partial charge in [0.05, 0.1) is 15.7 Å². The number of fused-ring (bicyclic) bond motifs is 1. The van der Waals surface area contributed by atoms with Crippen LogP contribution in [-0.4, -0.2) is 35.8 Å². The number of rotatable bonds is 8. The molecule has 5 aromatic rings. The zero-order chi connectivity index (χ0) is 28.1. The number of amides is 3. The summed E-state index contributed by atoms with van der Waals surface area (Å²) in [6.45, 7) is 0. The molecule has 200 valence electrons. The number of halogens is 1. The van der Waals surface area contributed by atoms with Gasteiger partial charge in [-0.1, -0.05) is 48.0 Å². The summed E-state index contributed by atoms with van der Waals surface area (Å²) in [5, 5.41) is 6.25. The number of nitrogens with one attached hydrogen (secondary N) is 2. The molecule has 0 saturated heterocycles. The van der Waals surface area contributed by atoms with Crippen LogP contribution >= 0.6 is 22.9 Å². The number of nitrogens with zero attached hydrogens (tertiary/aromatic N) is 2. The van der Waals surface area contributed by atoms with E-state index in [1.807, 2.05) is 48.5 Å². The molecule has 1 heterocycles. The molecule has 4 aromatic carbocycles. The Morgan fingerprint density at radius 3 is 2.35 bits per heavy atom. The Bertz CT molecular complexity index is 1670. The average Bonchev–Trinajstić information content (AvgIpc) is 3.46. The van der Waals surface area contributed by atoms with Crippen LogP contribution in [-0.2, 0) is 11.2 Å². The molecule has 0 aliphatic carbocycles. The quantitative estimate of drug-likeness (QED) is 0.233. The molecule has 7 nitrogen and oxygen atoms in total. The van der Waals surface area contributed by atoms with Crippen LogP contribution in [0.15, 0.2) is 103 Å². The molecule has 0 unspecified atom stereocenters. The number of hydrogen-bond donors (Lipinski definition) is 2. The van der Waals surface area contributed by atoms with Gasteiger partial charge in [-0.2, -0.15) is 0 Å². The largest absolute Gasteiger partial charge is 0.340 e. The van der Waals surface area contributed by atoms with Crippen LogP contribution in [0.3, 0.4) is 0 Å². The number of thiazole rings is 1. The Morgan fingerprint density at radius 1 is 0.875 bits per heavy atom. The minimum atomic E-state index is -0.849. The maximum Gasteiger partial charge on any atom is 0.255 e. The highest BCUT2D eigenvalue weighted by Gasteiger charge is 2.26. The highest BCUT2D eigenvalue weighted by molar-refractivity contribution is 7.16. The van der Waals surface area contributed by atoms with E-state index in [-0.39, 0.29) is 17.4 Å². The van der Waals surface area contributed by atoms with Crippen LogP contribution < -0.4 is 15.5 Å². The van der Waals surface area contributed by atoms with Gasteiger partial charge in [0.2, 0.25) is 5.91 Å². The van der Waals surface area contributed by atoms with Crippen molar-refractivity contribution in [1.82, 2.24) is 10.3 Å². The third kappa shape index (κ3) is 6.36. The van der Waals surface area contributed by atoms with Crippen LogP contribution in [0.1, 0.15) is 26.3 Å². The van der Waals surface area contributed by atoms with E-state index in [4.69, 9.17) is 11.6 Å². The Labute approximate surface area is 240 Å². The number of benzene rings is 4. The maximum atomic E-state index is 13.7. The van der Waals surface area contributed by atoms with E-state index in [1.54, 1.807) is 55.0 Å². The van der Waals surface area contributed by atoms with E-state index in [9.17, 15) is 14.4 Å². The lowest BCUT2D eigenvalue weighted by Crippen LogP contribution is -2.48. The molecule has 0 aliphatic rings. The van der Waals surface area contributed by atoms with Gasteiger partial charge in [0, 0.05) is 41.0 Å². The Morgan fingerprint density at radius 2 is 1.60 bits per heavy atom. The van der Waals surface area contributed by atoms with Gasteiger partial charge in [0.25, 0.3) is 11.8 Å². The second kappa shape index (κ2) is 12.1. The highest BCUT2D eigenvalue weighted by atomic mass is 35.5. The Kier molecular flexibility index (Phi) is 8.19. The van der Waals surface area contributed by atoms with Crippen molar-refractivity contribution in [2.24, 2.45) is 0 Å². The van der Waals surface area contributed by atoms with Crippen molar-refractivity contribution in [3.05, 3.63) is 124 Å². The molecular weight excluding hydrogens is 544 g/mol. The molecule has 1 aromatic heterocycles. The van der Waals surface area contributed by atoms with Gasteiger partial charge in [-0.05, 0) is 66.2 Å². The third-order valence-electron chi connectivity index (χ3n) is 6.41. The van der Waals surface area contributed by atoms with Crippen molar-refractivity contribution in [1.29, 1.82) is 0 Å². The van der Waals surface area contributed by atoms with E-state index in [2.05, 4.69) is 15.6 Å². The van der Waals surface area contributed by atoms with Gasteiger partial charge in [-0.15, -0.1) is 11.3 Å². The second-order valence-corrected chi connectivity index (χ2v) is 10.5. The van der Waals surface area contributed by atoms with Gasteiger partial charge in [-0.25, -0.2) is 4.98 Å². The van der Waals surface area contributed by atoms with Crippen LogP contribution in [0.25, 0.3) is 10.2 Å². The predicted octanol–water partition coefficient (Wildman–Crippen LogP) is 6.21. The van der Waals surface area contributed by atoms with Crippen LogP contribution in [0.2, 0.25) is 5.02 Å². The first-order chi connectivity index (χ1) is 19.4. The van der Waals surface area contributed by atoms with Crippen molar-refractivity contribution in [3.8, 4) is 0 Å². The first-order valence-electron chi connectivity index (χ1n) is 12.5. The highest BCUT2D eigenvalue weighted by Crippen LogP contribution is 2.24. The van der Waals surface area contributed by atoms with E-state index >= 15 is 0 Å². The molecule has 0 aliphatic heterocycles. The summed E-state index contributed by atoms with van der Waals surface area (Å²) in [7, 11) is 1.68. The maximum absolute atomic E-state index is 13.7. The topological polar surface area (TPSA) is 91.4 Å². The summed E-state index contributed by atoms with van der Waals surface area (Å²) in [6.07, 6.45) is 0.297. The lowest BCUT2D eigenvalue weighted by molar-refractivity contribution is -0.120. The van der Waals surface area contributed by atoms with Gasteiger partial charge in [-0.3, -0.25) is 14.4 Å². The van der Waals surface area contributed by atoms with E-state index in [0.717, 1.165) is 15.8 Å². The smallest absolute Gasteiger partial charge is 0.255 e. The molecule has 0 saturated carbocycles. The SMILES string of the molecule is CN(C(=O)[C@H](Cc1ccccc1)NC(=O)c1cccc(C(=O)Nc2ccc(Cl)cc2)c1)c1ccc2scnc2c1.